The predicted octanol–water partition coefficient (Wildman–Crippen LogP) is 12.1. The molecule has 0 N–H and O–H groups in total. The second-order valence-corrected chi connectivity index (χ2v) is 11.2. The molecule has 0 fully saturated rings. The van der Waals surface area contributed by atoms with Crippen LogP contribution in [0, 0.1) is 11.6 Å². The van der Waals surface area contributed by atoms with E-state index in [1.165, 1.54) is 95.5 Å². The van der Waals surface area contributed by atoms with Crippen LogP contribution < -0.4 is 4.74 Å². The normalized spacial score (nSPS) is 11.2. The van der Waals surface area contributed by atoms with Crippen molar-refractivity contribution in [3.63, 3.8) is 0 Å². The lowest BCUT2D eigenvalue weighted by Gasteiger charge is -2.11. The van der Waals surface area contributed by atoms with E-state index < -0.39 is 11.6 Å². The van der Waals surface area contributed by atoms with Crippen LogP contribution in [-0.2, 0) is 6.42 Å². The summed E-state index contributed by atoms with van der Waals surface area (Å²) in [4.78, 5) is 0. The Bertz CT molecular complexity index is 1090. The van der Waals surface area contributed by atoms with Gasteiger partial charge in [-0.05, 0) is 48.1 Å². The molecule has 1 nitrogen and oxygen atoms in total. The Kier molecular flexibility index (Phi) is 14.8. The van der Waals surface area contributed by atoms with Crippen molar-refractivity contribution in [1.29, 1.82) is 0 Å². The van der Waals surface area contributed by atoms with E-state index in [2.05, 4.69) is 26.0 Å². The van der Waals surface area contributed by atoms with E-state index in [0.29, 0.717) is 23.3 Å². The summed E-state index contributed by atoms with van der Waals surface area (Å²) in [7, 11) is 0. The van der Waals surface area contributed by atoms with Crippen LogP contribution in [0.5, 0.6) is 5.75 Å². The molecule has 3 aromatic carbocycles. The Labute approximate surface area is 242 Å². The molecule has 0 aliphatic carbocycles. The van der Waals surface area contributed by atoms with E-state index >= 15 is 8.78 Å². The summed E-state index contributed by atoms with van der Waals surface area (Å²) in [5.74, 6) is -0.849. The first-order valence-electron chi connectivity index (χ1n) is 15.9. The zero-order valence-electron chi connectivity index (χ0n) is 25.0. The predicted molar refractivity (Wildman–Crippen MR) is 167 cm³/mol. The maximum absolute atomic E-state index is 15.1. The van der Waals surface area contributed by atoms with Crippen molar-refractivity contribution in [3.05, 3.63) is 77.9 Å². The number of rotatable bonds is 20. The van der Waals surface area contributed by atoms with Crippen LogP contribution in [0.1, 0.15) is 116 Å². The van der Waals surface area contributed by atoms with Crippen LogP contribution in [0.15, 0.2) is 60.7 Å². The average molecular weight is 549 g/mol. The molecule has 0 bridgehead atoms. The molecule has 0 radical (unpaired) electrons. The highest BCUT2D eigenvalue weighted by atomic mass is 19.2. The van der Waals surface area contributed by atoms with Gasteiger partial charge in [0.05, 0.1) is 6.61 Å². The standard InChI is InChI=1S/C37H50F2O/c1-3-5-7-9-10-11-12-13-14-16-18-30-19-21-31(22-20-30)34-27-28-35(37(39)36(34)38)32-23-25-33(26-24-32)40-29-17-15-8-6-4-2/h19-28H,3-18,29H2,1-2H3. The van der Waals surface area contributed by atoms with Crippen LogP contribution in [0.3, 0.4) is 0 Å². The molecule has 0 saturated heterocycles. The van der Waals surface area contributed by atoms with Gasteiger partial charge in [0, 0.05) is 11.1 Å². The summed E-state index contributed by atoms with van der Waals surface area (Å²) in [6.45, 7) is 5.15. The molecule has 0 amide bonds. The fourth-order valence-corrected chi connectivity index (χ4v) is 5.29. The van der Waals surface area contributed by atoms with Gasteiger partial charge >= 0.3 is 0 Å². The van der Waals surface area contributed by atoms with E-state index in [4.69, 9.17) is 4.74 Å². The topological polar surface area (TPSA) is 9.23 Å². The second-order valence-electron chi connectivity index (χ2n) is 11.2. The number of benzene rings is 3. The van der Waals surface area contributed by atoms with Crippen molar-refractivity contribution in [2.24, 2.45) is 0 Å². The summed E-state index contributed by atoms with van der Waals surface area (Å²) in [6.07, 6.45) is 20.2. The fourth-order valence-electron chi connectivity index (χ4n) is 5.29. The number of hydrogen-bond acceptors (Lipinski definition) is 1. The molecule has 0 aromatic heterocycles. The van der Waals surface area contributed by atoms with E-state index in [1.807, 2.05) is 24.3 Å². The van der Waals surface area contributed by atoms with Gasteiger partial charge in [0.25, 0.3) is 0 Å². The SMILES string of the molecule is CCCCCCCCCCCCc1ccc(-c2ccc(-c3ccc(OCCCCCCC)cc3)c(F)c2F)cc1. The molecule has 40 heavy (non-hydrogen) atoms. The highest BCUT2D eigenvalue weighted by Gasteiger charge is 2.16. The highest BCUT2D eigenvalue weighted by Crippen LogP contribution is 2.32. The molecule has 0 saturated carbocycles. The first-order valence-corrected chi connectivity index (χ1v) is 15.9. The smallest absolute Gasteiger partial charge is 0.167 e. The van der Waals surface area contributed by atoms with Crippen LogP contribution in [0.25, 0.3) is 22.3 Å². The minimum atomic E-state index is -0.809. The Hall–Kier alpha value is -2.68. The van der Waals surface area contributed by atoms with E-state index in [9.17, 15) is 0 Å². The number of halogens is 2. The number of ether oxygens (including phenoxy) is 1. The van der Waals surface area contributed by atoms with Gasteiger partial charge in [-0.3, -0.25) is 0 Å². The van der Waals surface area contributed by atoms with E-state index in [1.54, 1.807) is 24.3 Å². The molecule has 0 aliphatic rings. The van der Waals surface area contributed by atoms with Crippen molar-refractivity contribution < 1.29 is 13.5 Å². The van der Waals surface area contributed by atoms with Crippen molar-refractivity contribution in [2.75, 3.05) is 6.61 Å². The van der Waals surface area contributed by atoms with Gasteiger partial charge in [0.1, 0.15) is 5.75 Å². The van der Waals surface area contributed by atoms with Crippen LogP contribution in [0.4, 0.5) is 8.78 Å². The highest BCUT2D eigenvalue weighted by molar-refractivity contribution is 5.72. The molecule has 0 atom stereocenters. The third kappa shape index (κ3) is 10.7. The van der Waals surface area contributed by atoms with Crippen molar-refractivity contribution in [3.8, 4) is 28.0 Å². The minimum Gasteiger partial charge on any atom is -0.494 e. The molecular formula is C37H50F2O. The lowest BCUT2D eigenvalue weighted by atomic mass is 9.97. The van der Waals surface area contributed by atoms with Crippen LogP contribution >= 0.6 is 0 Å². The lowest BCUT2D eigenvalue weighted by molar-refractivity contribution is 0.304. The third-order valence-corrected chi connectivity index (χ3v) is 7.85. The Morgan fingerprint density at radius 2 is 0.900 bits per heavy atom. The Morgan fingerprint density at radius 3 is 1.40 bits per heavy atom. The largest absolute Gasteiger partial charge is 0.494 e. The first-order chi connectivity index (χ1) is 19.6. The molecule has 0 spiro atoms. The molecule has 0 unspecified atom stereocenters. The van der Waals surface area contributed by atoms with Crippen LogP contribution in [0.2, 0.25) is 0 Å². The molecule has 3 heteroatoms. The van der Waals surface area contributed by atoms with Gasteiger partial charge in [-0.2, -0.15) is 0 Å². The molecule has 0 heterocycles. The van der Waals surface area contributed by atoms with Crippen molar-refractivity contribution in [2.45, 2.75) is 117 Å². The maximum Gasteiger partial charge on any atom is 0.167 e. The van der Waals surface area contributed by atoms with Gasteiger partial charge in [0.15, 0.2) is 11.6 Å². The zero-order valence-corrected chi connectivity index (χ0v) is 25.0. The maximum atomic E-state index is 15.1. The van der Waals surface area contributed by atoms with Gasteiger partial charge < -0.3 is 4.74 Å². The van der Waals surface area contributed by atoms with E-state index in [-0.39, 0.29) is 5.56 Å². The van der Waals surface area contributed by atoms with E-state index in [0.717, 1.165) is 18.6 Å². The van der Waals surface area contributed by atoms with Crippen LogP contribution in [-0.4, -0.2) is 6.61 Å². The minimum absolute atomic E-state index is 0.268. The van der Waals surface area contributed by atoms with Gasteiger partial charge in [-0.1, -0.05) is 146 Å². The number of hydrogen-bond donors (Lipinski definition) is 0. The summed E-state index contributed by atoms with van der Waals surface area (Å²) in [5, 5.41) is 0. The fraction of sp³-hybridized carbons (Fsp3) is 0.514. The van der Waals surface area contributed by atoms with Gasteiger partial charge in [-0.15, -0.1) is 0 Å². The molecule has 3 aromatic rings. The third-order valence-electron chi connectivity index (χ3n) is 7.85. The number of aryl methyl sites for hydroxylation is 1. The summed E-state index contributed by atoms with van der Waals surface area (Å²) >= 11 is 0. The first kappa shape index (κ1) is 31.8. The summed E-state index contributed by atoms with van der Waals surface area (Å²) in [5.41, 5.74) is 3.17. The lowest BCUT2D eigenvalue weighted by Crippen LogP contribution is -1.97. The number of unbranched alkanes of at least 4 members (excludes halogenated alkanes) is 13. The zero-order chi connectivity index (χ0) is 28.4. The Morgan fingerprint density at radius 1 is 0.475 bits per heavy atom. The summed E-state index contributed by atoms with van der Waals surface area (Å²) < 4.78 is 36.1. The average Bonchev–Trinajstić information content (AvgIpc) is 2.98. The quantitative estimate of drug-likeness (QED) is 0.128. The van der Waals surface area contributed by atoms with Crippen molar-refractivity contribution >= 4 is 0 Å². The molecule has 0 aliphatic heterocycles. The molecular weight excluding hydrogens is 498 g/mol. The van der Waals surface area contributed by atoms with Crippen molar-refractivity contribution in [1.82, 2.24) is 0 Å². The summed E-state index contributed by atoms with van der Waals surface area (Å²) in [6, 6.07) is 18.6. The molecule has 218 valence electrons. The second kappa shape index (κ2) is 18.6. The van der Waals surface area contributed by atoms with Gasteiger partial charge in [0.2, 0.25) is 0 Å². The molecule has 3 rings (SSSR count). The monoisotopic (exact) mass is 548 g/mol. The Balaban J connectivity index is 1.46. The van der Waals surface area contributed by atoms with Gasteiger partial charge in [-0.25, -0.2) is 8.78 Å².